The molecule has 0 unspecified atom stereocenters. The predicted octanol–water partition coefficient (Wildman–Crippen LogP) is 0.608. The summed E-state index contributed by atoms with van der Waals surface area (Å²) in [4.78, 5) is 15.0. The maximum absolute atomic E-state index is 10.8. The molecule has 0 aliphatic carbocycles. The van der Waals surface area contributed by atoms with E-state index in [0.29, 0.717) is 11.6 Å². The molecule has 3 rings (SSSR count). The fourth-order valence-electron chi connectivity index (χ4n) is 2.88. The fourth-order valence-corrected chi connectivity index (χ4v) is 2.88. The highest BCUT2D eigenvalue weighted by Crippen LogP contribution is 2.27. The van der Waals surface area contributed by atoms with Crippen LogP contribution in [-0.4, -0.2) is 60.4 Å². The van der Waals surface area contributed by atoms with Crippen LogP contribution >= 0.6 is 0 Å². The Hall–Kier alpha value is -1.70. The molecule has 0 amide bonds. The number of non-ortho nitro benzene ring substituents is 1. The summed E-state index contributed by atoms with van der Waals surface area (Å²) in [6, 6.07) is 5.25. The second-order valence-electron chi connectivity index (χ2n) is 5.44. The van der Waals surface area contributed by atoms with Gasteiger partial charge in [0, 0.05) is 49.6 Å². The van der Waals surface area contributed by atoms with Gasteiger partial charge in [-0.1, -0.05) is 0 Å². The van der Waals surface area contributed by atoms with Gasteiger partial charge in [0.15, 0.2) is 0 Å². The molecule has 21 heavy (non-hydrogen) atoms. The third kappa shape index (κ3) is 2.85. The summed E-state index contributed by atoms with van der Waals surface area (Å²) in [5.41, 5.74) is 1.53. The molecular weight excluding hydrogens is 274 g/mol. The molecule has 0 bridgehead atoms. The monoisotopic (exact) mass is 293 g/mol. The number of anilines is 1. The maximum Gasteiger partial charge on any atom is 0.269 e. The third-order valence-corrected chi connectivity index (χ3v) is 4.24. The minimum Gasteiger partial charge on any atom is -0.392 e. The van der Waals surface area contributed by atoms with Crippen LogP contribution in [-0.2, 0) is 11.3 Å². The molecule has 2 aliphatic rings. The molecule has 1 aromatic rings. The standard InChI is InChI=1S/C14H19N3O4/c18-8-11-7-12(17(19)20)1-2-14(11)16-5-3-15(4-6-16)13-9-21-10-13/h1-2,7,13,18H,3-6,8-10H2. The van der Waals surface area contributed by atoms with Crippen LogP contribution in [0.1, 0.15) is 5.56 Å². The van der Waals surface area contributed by atoms with Gasteiger partial charge in [0.1, 0.15) is 0 Å². The maximum atomic E-state index is 10.8. The lowest BCUT2D eigenvalue weighted by Gasteiger charge is -2.43. The largest absolute Gasteiger partial charge is 0.392 e. The fraction of sp³-hybridized carbons (Fsp3) is 0.571. The van der Waals surface area contributed by atoms with Gasteiger partial charge in [0.25, 0.3) is 5.69 Å². The highest BCUT2D eigenvalue weighted by Gasteiger charge is 2.29. The second kappa shape index (κ2) is 5.97. The molecule has 0 saturated carbocycles. The average molecular weight is 293 g/mol. The van der Waals surface area contributed by atoms with E-state index in [1.54, 1.807) is 6.07 Å². The summed E-state index contributed by atoms with van der Waals surface area (Å²) in [5, 5.41) is 20.3. The van der Waals surface area contributed by atoms with Crippen molar-refractivity contribution in [2.45, 2.75) is 12.6 Å². The van der Waals surface area contributed by atoms with Crippen molar-refractivity contribution in [2.24, 2.45) is 0 Å². The minimum atomic E-state index is -0.433. The molecule has 0 aromatic heterocycles. The highest BCUT2D eigenvalue weighted by molar-refractivity contribution is 5.58. The lowest BCUT2D eigenvalue weighted by molar-refractivity contribution is -0.384. The Bertz CT molecular complexity index is 525. The van der Waals surface area contributed by atoms with E-state index >= 15 is 0 Å². The van der Waals surface area contributed by atoms with E-state index in [4.69, 9.17) is 4.74 Å². The van der Waals surface area contributed by atoms with E-state index < -0.39 is 4.92 Å². The summed E-state index contributed by atoms with van der Waals surface area (Å²) in [5.74, 6) is 0. The first-order chi connectivity index (χ1) is 10.2. The molecule has 2 aliphatic heterocycles. The molecule has 2 heterocycles. The smallest absolute Gasteiger partial charge is 0.269 e. The molecule has 7 heteroatoms. The van der Waals surface area contributed by atoms with Crippen LogP contribution in [0.15, 0.2) is 18.2 Å². The quantitative estimate of drug-likeness (QED) is 0.647. The molecule has 2 fully saturated rings. The van der Waals surface area contributed by atoms with Crippen molar-refractivity contribution in [1.82, 2.24) is 4.90 Å². The molecule has 0 atom stereocenters. The van der Waals surface area contributed by atoms with Crippen molar-refractivity contribution in [2.75, 3.05) is 44.3 Å². The Morgan fingerprint density at radius 3 is 2.52 bits per heavy atom. The molecule has 0 radical (unpaired) electrons. The summed E-state index contributed by atoms with van der Waals surface area (Å²) in [6.45, 7) is 5.08. The van der Waals surface area contributed by atoms with Gasteiger partial charge < -0.3 is 14.7 Å². The number of nitro benzene ring substituents is 1. The van der Waals surface area contributed by atoms with E-state index in [-0.39, 0.29) is 12.3 Å². The van der Waals surface area contributed by atoms with Gasteiger partial charge in [-0.25, -0.2) is 0 Å². The minimum absolute atomic E-state index is 0.0213. The van der Waals surface area contributed by atoms with Gasteiger partial charge >= 0.3 is 0 Å². The number of hydrogen-bond donors (Lipinski definition) is 1. The number of aliphatic hydroxyl groups excluding tert-OH is 1. The average Bonchev–Trinajstić information content (AvgIpc) is 2.45. The number of benzene rings is 1. The normalized spacial score (nSPS) is 20.3. The summed E-state index contributed by atoms with van der Waals surface area (Å²) in [7, 11) is 0. The summed E-state index contributed by atoms with van der Waals surface area (Å²) >= 11 is 0. The van der Waals surface area contributed by atoms with Crippen LogP contribution in [0.25, 0.3) is 0 Å². The van der Waals surface area contributed by atoms with Gasteiger partial charge in [0.05, 0.1) is 30.8 Å². The number of hydrogen-bond acceptors (Lipinski definition) is 6. The first kappa shape index (κ1) is 14.2. The zero-order valence-corrected chi connectivity index (χ0v) is 11.8. The zero-order valence-electron chi connectivity index (χ0n) is 11.8. The number of piperazine rings is 1. The van der Waals surface area contributed by atoms with Crippen molar-refractivity contribution in [3.05, 3.63) is 33.9 Å². The van der Waals surface area contributed by atoms with Crippen LogP contribution in [0.4, 0.5) is 11.4 Å². The number of nitrogens with zero attached hydrogens (tertiary/aromatic N) is 3. The second-order valence-corrected chi connectivity index (χ2v) is 5.44. The SMILES string of the molecule is O=[N+]([O-])c1ccc(N2CCN(C3COC3)CC2)c(CO)c1. The summed E-state index contributed by atoms with van der Waals surface area (Å²) < 4.78 is 5.22. The van der Waals surface area contributed by atoms with Crippen molar-refractivity contribution < 1.29 is 14.8 Å². The molecule has 7 nitrogen and oxygen atoms in total. The Labute approximate surface area is 122 Å². The highest BCUT2D eigenvalue weighted by atomic mass is 16.6. The van der Waals surface area contributed by atoms with Crippen molar-refractivity contribution >= 4 is 11.4 Å². The first-order valence-corrected chi connectivity index (χ1v) is 7.14. The van der Waals surface area contributed by atoms with Gasteiger partial charge in [-0.2, -0.15) is 0 Å². The molecule has 114 valence electrons. The molecule has 0 spiro atoms. The zero-order chi connectivity index (χ0) is 14.8. The molecule has 1 N–H and O–H groups in total. The van der Waals surface area contributed by atoms with E-state index in [2.05, 4.69) is 9.80 Å². The number of ether oxygens (including phenoxy) is 1. The number of aliphatic hydroxyl groups is 1. The Kier molecular flexibility index (Phi) is 4.05. The van der Waals surface area contributed by atoms with E-state index in [9.17, 15) is 15.2 Å². The van der Waals surface area contributed by atoms with Crippen LogP contribution in [0.2, 0.25) is 0 Å². The van der Waals surface area contributed by atoms with E-state index in [0.717, 1.165) is 45.1 Å². The molecule has 2 saturated heterocycles. The predicted molar refractivity (Wildman–Crippen MR) is 77.4 cm³/mol. The lowest BCUT2D eigenvalue weighted by Crippen LogP contribution is -2.56. The van der Waals surface area contributed by atoms with Crippen molar-refractivity contribution in [3.8, 4) is 0 Å². The van der Waals surface area contributed by atoms with Crippen LogP contribution in [0.5, 0.6) is 0 Å². The molecule has 1 aromatic carbocycles. The summed E-state index contributed by atoms with van der Waals surface area (Å²) in [6.07, 6.45) is 0. The Balaban J connectivity index is 1.70. The van der Waals surface area contributed by atoms with Gasteiger partial charge in [-0.05, 0) is 6.07 Å². The Morgan fingerprint density at radius 1 is 1.29 bits per heavy atom. The van der Waals surface area contributed by atoms with Gasteiger partial charge in [-0.3, -0.25) is 15.0 Å². The third-order valence-electron chi connectivity index (χ3n) is 4.24. The lowest BCUT2D eigenvalue weighted by atomic mass is 10.1. The first-order valence-electron chi connectivity index (χ1n) is 7.14. The van der Waals surface area contributed by atoms with Crippen LogP contribution in [0.3, 0.4) is 0 Å². The molecular formula is C14H19N3O4. The van der Waals surface area contributed by atoms with E-state index in [1.807, 2.05) is 0 Å². The topological polar surface area (TPSA) is 79.1 Å². The Morgan fingerprint density at radius 2 is 2.00 bits per heavy atom. The van der Waals surface area contributed by atoms with E-state index in [1.165, 1.54) is 12.1 Å². The van der Waals surface area contributed by atoms with Gasteiger partial charge in [-0.15, -0.1) is 0 Å². The van der Waals surface area contributed by atoms with Crippen molar-refractivity contribution in [3.63, 3.8) is 0 Å². The number of rotatable bonds is 4. The van der Waals surface area contributed by atoms with Crippen molar-refractivity contribution in [1.29, 1.82) is 0 Å². The number of nitro groups is 1. The van der Waals surface area contributed by atoms with Gasteiger partial charge in [0.2, 0.25) is 0 Å². The van der Waals surface area contributed by atoms with Crippen LogP contribution in [0, 0.1) is 10.1 Å². The van der Waals surface area contributed by atoms with Crippen LogP contribution < -0.4 is 4.90 Å².